The summed E-state index contributed by atoms with van der Waals surface area (Å²) in [5, 5.41) is 9.82. The number of likely N-dealkylation sites (N-methyl/N-ethyl adjacent to an activating group) is 1. The zero-order valence-electron chi connectivity index (χ0n) is 14.8. The van der Waals surface area contributed by atoms with Gasteiger partial charge >= 0.3 is 6.03 Å². The highest BCUT2D eigenvalue weighted by molar-refractivity contribution is 5.96. The van der Waals surface area contributed by atoms with E-state index in [0.717, 1.165) is 5.69 Å². The molecule has 2 aromatic rings. The summed E-state index contributed by atoms with van der Waals surface area (Å²) in [5.41, 5.74) is 1.46. The molecule has 2 saturated heterocycles. The molecule has 27 heavy (non-hydrogen) atoms. The molecule has 4 amide bonds. The van der Waals surface area contributed by atoms with Crippen molar-refractivity contribution in [2.24, 2.45) is 0 Å². The lowest BCUT2D eigenvalue weighted by atomic mass is 10.1. The molecule has 0 spiro atoms. The van der Waals surface area contributed by atoms with E-state index in [0.29, 0.717) is 18.7 Å². The number of anilines is 1. The first kappa shape index (κ1) is 17.1. The monoisotopic (exact) mass is 368 g/mol. The summed E-state index contributed by atoms with van der Waals surface area (Å²) in [5.74, 6) is -0.162. The first-order valence-corrected chi connectivity index (χ1v) is 8.73. The van der Waals surface area contributed by atoms with Crippen molar-refractivity contribution >= 4 is 23.5 Å². The highest BCUT2D eigenvalue weighted by atomic mass is 16.2. The Balaban J connectivity index is 1.39. The average molecular weight is 368 g/mol. The van der Waals surface area contributed by atoms with Crippen LogP contribution in [0, 0.1) is 0 Å². The van der Waals surface area contributed by atoms with Crippen LogP contribution in [0.5, 0.6) is 0 Å². The molecule has 4 rings (SSSR count). The minimum Gasteiger partial charge on any atom is -0.335 e. The number of nitrogens with one attached hydrogen (secondary N) is 2. The van der Waals surface area contributed by atoms with Crippen LogP contribution in [0.1, 0.15) is 6.42 Å². The molecule has 2 aliphatic rings. The van der Waals surface area contributed by atoms with E-state index in [4.69, 9.17) is 0 Å². The fourth-order valence-corrected chi connectivity index (χ4v) is 3.58. The molecule has 2 N–H and O–H groups in total. The van der Waals surface area contributed by atoms with Crippen molar-refractivity contribution in [3.05, 3.63) is 42.7 Å². The van der Waals surface area contributed by atoms with Crippen LogP contribution in [0.3, 0.4) is 0 Å². The predicted molar refractivity (Wildman–Crippen MR) is 97.3 cm³/mol. The van der Waals surface area contributed by atoms with Crippen LogP contribution in [-0.2, 0) is 9.59 Å². The number of carbonyl (C=O) groups is 3. The second-order valence-electron chi connectivity index (χ2n) is 6.79. The van der Waals surface area contributed by atoms with E-state index < -0.39 is 6.04 Å². The number of piperazine rings is 1. The lowest BCUT2D eigenvalue weighted by Crippen LogP contribution is -2.55. The average Bonchev–Trinajstić information content (AvgIpc) is 3.30. The van der Waals surface area contributed by atoms with Crippen molar-refractivity contribution < 1.29 is 14.4 Å². The molecular weight excluding hydrogens is 348 g/mol. The van der Waals surface area contributed by atoms with Gasteiger partial charge in [0.05, 0.1) is 18.3 Å². The van der Waals surface area contributed by atoms with Gasteiger partial charge in [0.1, 0.15) is 6.04 Å². The molecule has 140 valence electrons. The number of rotatable bonds is 3. The molecule has 2 fully saturated rings. The minimum atomic E-state index is -0.482. The Morgan fingerprint density at radius 2 is 2.11 bits per heavy atom. The van der Waals surface area contributed by atoms with E-state index >= 15 is 0 Å². The van der Waals surface area contributed by atoms with Crippen molar-refractivity contribution in [1.82, 2.24) is 24.9 Å². The third kappa shape index (κ3) is 3.35. The van der Waals surface area contributed by atoms with Gasteiger partial charge in [-0.25, -0.2) is 9.48 Å². The van der Waals surface area contributed by atoms with Crippen molar-refractivity contribution in [2.45, 2.75) is 18.5 Å². The first-order valence-electron chi connectivity index (χ1n) is 8.73. The molecule has 0 unspecified atom stereocenters. The second-order valence-corrected chi connectivity index (χ2v) is 6.79. The van der Waals surface area contributed by atoms with Gasteiger partial charge in [-0.1, -0.05) is 6.07 Å². The lowest BCUT2D eigenvalue weighted by Gasteiger charge is -2.33. The highest BCUT2D eigenvalue weighted by Crippen LogP contribution is 2.23. The molecule has 9 nitrogen and oxygen atoms in total. The number of hydrogen-bond acceptors (Lipinski definition) is 4. The molecule has 0 bridgehead atoms. The number of carbonyl (C=O) groups excluding carboxylic acids is 3. The quantitative estimate of drug-likeness (QED) is 0.821. The normalized spacial score (nSPS) is 22.0. The Morgan fingerprint density at radius 1 is 1.26 bits per heavy atom. The molecule has 9 heteroatoms. The van der Waals surface area contributed by atoms with Gasteiger partial charge in [0.15, 0.2) is 0 Å². The van der Waals surface area contributed by atoms with Crippen LogP contribution in [0.15, 0.2) is 42.7 Å². The second kappa shape index (κ2) is 6.75. The van der Waals surface area contributed by atoms with Crippen molar-refractivity contribution in [2.75, 3.05) is 25.5 Å². The van der Waals surface area contributed by atoms with E-state index in [1.165, 1.54) is 4.90 Å². The molecule has 0 radical (unpaired) electrons. The molecule has 2 aliphatic heterocycles. The van der Waals surface area contributed by atoms with Crippen LogP contribution < -0.4 is 10.6 Å². The van der Waals surface area contributed by atoms with Crippen molar-refractivity contribution in [3.63, 3.8) is 0 Å². The number of urea groups is 1. The van der Waals surface area contributed by atoms with Gasteiger partial charge in [-0.2, -0.15) is 5.10 Å². The van der Waals surface area contributed by atoms with E-state index in [-0.39, 0.29) is 30.4 Å². The Bertz CT molecular complexity index is 881. The summed E-state index contributed by atoms with van der Waals surface area (Å²) < 4.78 is 1.70. The number of hydrogen-bond donors (Lipinski definition) is 2. The summed E-state index contributed by atoms with van der Waals surface area (Å²) in [7, 11) is 1.62. The maximum Gasteiger partial charge on any atom is 0.319 e. The van der Waals surface area contributed by atoms with Crippen LogP contribution in [-0.4, -0.2) is 69.6 Å². The largest absolute Gasteiger partial charge is 0.335 e. The molecule has 0 aliphatic carbocycles. The van der Waals surface area contributed by atoms with E-state index in [9.17, 15) is 14.4 Å². The number of benzene rings is 1. The zero-order valence-corrected chi connectivity index (χ0v) is 14.8. The van der Waals surface area contributed by atoms with Gasteiger partial charge in [0.25, 0.3) is 0 Å². The third-order valence-corrected chi connectivity index (χ3v) is 4.86. The standard InChI is InChI=1S/C18H20N6O3/c1-22-11-16(25)23-10-13(9-15(23)17(22)26)21-18(27)20-12-4-2-5-14(8-12)24-7-3-6-19-24/h2-8,13,15H,9-11H2,1H3,(H2,20,21,27)/t13-,15-/m0/s1. The Labute approximate surface area is 155 Å². The van der Waals surface area contributed by atoms with Gasteiger partial charge < -0.3 is 20.4 Å². The van der Waals surface area contributed by atoms with E-state index in [2.05, 4.69) is 15.7 Å². The zero-order chi connectivity index (χ0) is 19.0. The molecule has 0 saturated carbocycles. The molecule has 1 aromatic carbocycles. The fraction of sp³-hybridized carbons (Fsp3) is 0.333. The van der Waals surface area contributed by atoms with E-state index in [1.807, 2.05) is 30.5 Å². The predicted octanol–water partition coefficient (Wildman–Crippen LogP) is 0.435. The fourth-order valence-electron chi connectivity index (χ4n) is 3.58. The third-order valence-electron chi connectivity index (χ3n) is 4.86. The summed E-state index contributed by atoms with van der Waals surface area (Å²) in [6.07, 6.45) is 3.93. The molecular formula is C18H20N6O3. The molecule has 1 aromatic heterocycles. The smallest absolute Gasteiger partial charge is 0.319 e. The number of fused-ring (bicyclic) bond motifs is 1. The molecule has 3 heterocycles. The maximum atomic E-state index is 12.4. The van der Waals surface area contributed by atoms with Gasteiger partial charge in [-0.3, -0.25) is 9.59 Å². The highest BCUT2D eigenvalue weighted by Gasteiger charge is 2.44. The van der Waals surface area contributed by atoms with Gasteiger partial charge in [-0.15, -0.1) is 0 Å². The van der Waals surface area contributed by atoms with Crippen molar-refractivity contribution in [3.8, 4) is 5.69 Å². The maximum absolute atomic E-state index is 12.4. The van der Waals surface area contributed by atoms with Crippen LogP contribution in [0.2, 0.25) is 0 Å². The lowest BCUT2D eigenvalue weighted by molar-refractivity contribution is -0.152. The van der Waals surface area contributed by atoms with E-state index in [1.54, 1.807) is 28.9 Å². The molecule has 2 atom stereocenters. The summed E-state index contributed by atoms with van der Waals surface area (Å²) in [6.45, 7) is 0.443. The van der Waals surface area contributed by atoms with Crippen LogP contribution >= 0.6 is 0 Å². The number of amides is 4. The topological polar surface area (TPSA) is 99.6 Å². The Morgan fingerprint density at radius 3 is 2.89 bits per heavy atom. The van der Waals surface area contributed by atoms with Gasteiger partial charge in [0.2, 0.25) is 11.8 Å². The van der Waals surface area contributed by atoms with Gasteiger partial charge in [-0.05, 0) is 30.7 Å². The summed E-state index contributed by atoms with van der Waals surface area (Å²) in [6, 6.07) is 8.02. The van der Waals surface area contributed by atoms with Gasteiger partial charge in [0, 0.05) is 31.7 Å². The Kier molecular flexibility index (Phi) is 4.27. The van der Waals surface area contributed by atoms with Crippen molar-refractivity contribution in [1.29, 1.82) is 0 Å². The van der Waals surface area contributed by atoms with Crippen LogP contribution in [0.25, 0.3) is 5.69 Å². The first-order chi connectivity index (χ1) is 13.0. The minimum absolute atomic E-state index is 0.0776. The number of aromatic nitrogens is 2. The van der Waals surface area contributed by atoms with Crippen LogP contribution in [0.4, 0.5) is 10.5 Å². The summed E-state index contributed by atoms with van der Waals surface area (Å²) in [4.78, 5) is 39.7. The summed E-state index contributed by atoms with van der Waals surface area (Å²) >= 11 is 0. The SMILES string of the molecule is CN1CC(=O)N2C[C@@H](NC(=O)Nc3cccc(-n4cccn4)c3)C[C@H]2C1=O. The number of nitrogens with zero attached hydrogens (tertiary/aromatic N) is 4. The Hall–Kier alpha value is -3.36.